The summed E-state index contributed by atoms with van der Waals surface area (Å²) in [5.41, 5.74) is 1.27. The normalized spacial score (nSPS) is 11.0. The number of nitrogens with one attached hydrogen (secondary N) is 2. The minimum absolute atomic E-state index is 0.131. The summed E-state index contributed by atoms with van der Waals surface area (Å²) in [6.07, 6.45) is 3.59. The highest BCUT2D eigenvalue weighted by Crippen LogP contribution is 2.23. The Hall–Kier alpha value is -2.69. The molecule has 1 amide bonds. The Labute approximate surface area is 212 Å². The fourth-order valence-electron chi connectivity index (χ4n) is 3.28. The standard InChI is InChI=1S/C21H26Cl3N9O/c1-3-4-9-32(13-34)20-18(26-21(24)27-20)19(25)31(2)8-5-10-33-29-17(28-30-33)11-14-6-7-15(22)12-16(14)23/h6-7,12-13,25H,3-5,8-11H2,1-2H3,(H,26,27). The minimum atomic E-state index is 0.131. The number of hydrogen-bond donors (Lipinski definition) is 2. The maximum Gasteiger partial charge on any atom is 0.215 e. The number of unbranched alkanes of at least 4 members (excludes halogenated alkanes) is 1. The maximum atomic E-state index is 11.6. The molecular formula is C21H26Cl3N9O. The predicted molar refractivity (Wildman–Crippen MR) is 133 cm³/mol. The topological polar surface area (TPSA) is 120 Å². The molecule has 0 spiro atoms. The number of aryl methyl sites for hydroxylation is 1. The number of anilines is 1. The molecule has 34 heavy (non-hydrogen) atoms. The molecule has 0 bridgehead atoms. The van der Waals surface area contributed by atoms with Crippen LogP contribution in [0.2, 0.25) is 15.3 Å². The van der Waals surface area contributed by atoms with Crippen molar-refractivity contribution in [1.29, 1.82) is 5.41 Å². The van der Waals surface area contributed by atoms with E-state index in [0.29, 0.717) is 66.3 Å². The quantitative estimate of drug-likeness (QED) is 0.209. The van der Waals surface area contributed by atoms with E-state index in [4.69, 9.17) is 40.2 Å². The first-order valence-electron chi connectivity index (χ1n) is 10.8. The number of carbonyl (C=O) groups excluding carboxylic acids is 1. The molecule has 2 aromatic heterocycles. The molecule has 2 heterocycles. The number of benzene rings is 1. The van der Waals surface area contributed by atoms with Crippen LogP contribution in [0.15, 0.2) is 18.2 Å². The van der Waals surface area contributed by atoms with E-state index in [1.54, 1.807) is 24.1 Å². The van der Waals surface area contributed by atoms with Gasteiger partial charge in [0.1, 0.15) is 11.5 Å². The molecule has 3 aromatic rings. The van der Waals surface area contributed by atoms with E-state index >= 15 is 0 Å². The molecule has 0 radical (unpaired) electrons. The van der Waals surface area contributed by atoms with Crippen molar-refractivity contribution in [3.63, 3.8) is 0 Å². The maximum absolute atomic E-state index is 11.6. The number of aromatic nitrogens is 6. The van der Waals surface area contributed by atoms with Crippen LogP contribution in [0.1, 0.15) is 43.3 Å². The summed E-state index contributed by atoms with van der Waals surface area (Å²) in [7, 11) is 1.79. The number of hydrogen-bond acceptors (Lipinski definition) is 6. The molecule has 0 saturated carbocycles. The second-order valence-electron chi connectivity index (χ2n) is 7.72. The van der Waals surface area contributed by atoms with Gasteiger partial charge in [-0.3, -0.25) is 15.1 Å². The zero-order valence-corrected chi connectivity index (χ0v) is 21.2. The Morgan fingerprint density at radius 1 is 1.24 bits per heavy atom. The first-order valence-corrected chi connectivity index (χ1v) is 11.9. The summed E-state index contributed by atoms with van der Waals surface area (Å²) in [5, 5.41) is 22.4. The molecule has 0 aliphatic heterocycles. The minimum Gasteiger partial charge on any atom is -0.358 e. The molecule has 10 nitrogen and oxygen atoms in total. The lowest BCUT2D eigenvalue weighted by Crippen LogP contribution is -2.31. The molecule has 3 rings (SSSR count). The number of aromatic amines is 1. The van der Waals surface area contributed by atoms with Crippen molar-refractivity contribution in [3.05, 3.63) is 50.6 Å². The Morgan fingerprint density at radius 3 is 2.74 bits per heavy atom. The third-order valence-corrected chi connectivity index (χ3v) is 5.90. The Morgan fingerprint density at radius 2 is 2.03 bits per heavy atom. The van der Waals surface area contributed by atoms with Gasteiger partial charge in [-0.05, 0) is 47.4 Å². The first-order chi connectivity index (χ1) is 16.3. The third-order valence-electron chi connectivity index (χ3n) is 5.14. The van der Waals surface area contributed by atoms with Gasteiger partial charge in [-0.15, -0.1) is 10.2 Å². The summed E-state index contributed by atoms with van der Waals surface area (Å²) < 4.78 is 0. The summed E-state index contributed by atoms with van der Waals surface area (Å²) in [5.74, 6) is 1.10. The van der Waals surface area contributed by atoms with Crippen LogP contribution in [-0.2, 0) is 17.8 Å². The molecule has 0 fully saturated rings. The zero-order chi connectivity index (χ0) is 24.7. The molecular weight excluding hydrogens is 501 g/mol. The third kappa shape index (κ3) is 6.68. The van der Waals surface area contributed by atoms with Crippen LogP contribution in [0.5, 0.6) is 0 Å². The summed E-state index contributed by atoms with van der Waals surface area (Å²) >= 11 is 18.2. The van der Waals surface area contributed by atoms with Crippen molar-refractivity contribution in [2.75, 3.05) is 25.0 Å². The van der Waals surface area contributed by atoms with Gasteiger partial charge in [0, 0.05) is 36.6 Å². The van der Waals surface area contributed by atoms with Gasteiger partial charge in [-0.1, -0.05) is 42.6 Å². The van der Waals surface area contributed by atoms with Crippen molar-refractivity contribution in [3.8, 4) is 0 Å². The van der Waals surface area contributed by atoms with Crippen LogP contribution >= 0.6 is 34.8 Å². The number of tetrazole rings is 1. The Kier molecular flexibility index (Phi) is 9.26. The van der Waals surface area contributed by atoms with Crippen LogP contribution in [0.25, 0.3) is 0 Å². The van der Waals surface area contributed by atoms with Crippen LogP contribution < -0.4 is 4.90 Å². The summed E-state index contributed by atoms with van der Waals surface area (Å²) in [4.78, 5) is 23.4. The fourth-order valence-corrected chi connectivity index (χ4v) is 3.92. The van der Waals surface area contributed by atoms with Gasteiger partial charge in [-0.25, -0.2) is 0 Å². The smallest absolute Gasteiger partial charge is 0.215 e. The number of amidine groups is 1. The molecule has 0 saturated heterocycles. The van der Waals surface area contributed by atoms with Gasteiger partial charge in [0.15, 0.2) is 11.6 Å². The molecule has 182 valence electrons. The lowest BCUT2D eigenvalue weighted by atomic mass is 10.1. The van der Waals surface area contributed by atoms with Gasteiger partial charge in [0.25, 0.3) is 0 Å². The second-order valence-corrected chi connectivity index (χ2v) is 8.92. The highest BCUT2D eigenvalue weighted by atomic mass is 35.5. The number of rotatable bonds is 12. The Bertz CT molecular complexity index is 1130. The molecule has 0 unspecified atom stereocenters. The molecule has 0 aliphatic rings. The fraction of sp³-hybridized carbons (Fsp3) is 0.429. The summed E-state index contributed by atoms with van der Waals surface area (Å²) in [6, 6.07) is 5.30. The average Bonchev–Trinajstić information content (AvgIpc) is 3.42. The van der Waals surface area contributed by atoms with Gasteiger partial charge in [0.2, 0.25) is 11.7 Å². The van der Waals surface area contributed by atoms with E-state index in [0.717, 1.165) is 18.4 Å². The van der Waals surface area contributed by atoms with E-state index in [2.05, 4.69) is 25.4 Å². The number of amides is 1. The molecule has 2 N–H and O–H groups in total. The predicted octanol–water partition coefficient (Wildman–Crippen LogP) is 4.06. The zero-order valence-electron chi connectivity index (χ0n) is 18.9. The van der Waals surface area contributed by atoms with E-state index in [9.17, 15) is 4.79 Å². The highest BCUT2D eigenvalue weighted by Gasteiger charge is 2.21. The molecule has 0 atom stereocenters. The first kappa shape index (κ1) is 25.9. The van der Waals surface area contributed by atoms with Crippen LogP contribution in [-0.4, -0.2) is 67.5 Å². The SMILES string of the molecule is CCCCN(C=O)c1nc(Cl)[nH]c1C(=N)N(C)CCCn1nnc(Cc2ccc(Cl)cc2Cl)n1. The van der Waals surface area contributed by atoms with Crippen LogP contribution in [0, 0.1) is 5.41 Å². The number of carbonyl (C=O) groups is 1. The van der Waals surface area contributed by atoms with Crippen molar-refractivity contribution in [2.24, 2.45) is 0 Å². The number of H-pyrrole nitrogens is 1. The van der Waals surface area contributed by atoms with E-state index < -0.39 is 0 Å². The molecule has 13 heteroatoms. The molecule has 0 aliphatic carbocycles. The lowest BCUT2D eigenvalue weighted by Gasteiger charge is -2.21. The van der Waals surface area contributed by atoms with E-state index in [1.807, 2.05) is 13.0 Å². The lowest BCUT2D eigenvalue weighted by molar-refractivity contribution is -0.107. The highest BCUT2D eigenvalue weighted by molar-refractivity contribution is 6.35. The van der Waals surface area contributed by atoms with Crippen molar-refractivity contribution < 1.29 is 4.79 Å². The number of nitrogens with zero attached hydrogens (tertiary/aromatic N) is 7. The van der Waals surface area contributed by atoms with Gasteiger partial charge in [0.05, 0.1) is 6.54 Å². The van der Waals surface area contributed by atoms with Crippen molar-refractivity contribution in [1.82, 2.24) is 35.1 Å². The van der Waals surface area contributed by atoms with E-state index in [1.165, 1.54) is 9.70 Å². The number of halogens is 3. The summed E-state index contributed by atoms with van der Waals surface area (Å²) in [6.45, 7) is 3.61. The van der Waals surface area contributed by atoms with Crippen molar-refractivity contribution >= 4 is 52.9 Å². The number of imidazole rings is 1. The van der Waals surface area contributed by atoms with Gasteiger partial charge in [-0.2, -0.15) is 9.78 Å². The average molecular weight is 527 g/mol. The largest absolute Gasteiger partial charge is 0.358 e. The Balaban J connectivity index is 1.56. The molecule has 1 aromatic carbocycles. The van der Waals surface area contributed by atoms with Crippen LogP contribution in [0.3, 0.4) is 0 Å². The van der Waals surface area contributed by atoms with Gasteiger partial charge >= 0.3 is 0 Å². The van der Waals surface area contributed by atoms with Crippen LogP contribution in [0.4, 0.5) is 5.82 Å². The van der Waals surface area contributed by atoms with E-state index in [-0.39, 0.29) is 11.1 Å². The van der Waals surface area contributed by atoms with Crippen molar-refractivity contribution in [2.45, 2.75) is 39.2 Å². The monoisotopic (exact) mass is 525 g/mol. The van der Waals surface area contributed by atoms with Gasteiger partial charge < -0.3 is 9.88 Å². The second kappa shape index (κ2) is 12.1.